The molecule has 2 aliphatic heterocycles. The zero-order chi connectivity index (χ0) is 19.5. The first-order valence-corrected chi connectivity index (χ1v) is 9.70. The van der Waals surface area contributed by atoms with Crippen LogP contribution in [0, 0.1) is 0 Å². The monoisotopic (exact) mass is 378 g/mol. The molecule has 4 rings (SSSR count). The molecular weight excluding hydrogens is 352 g/mol. The van der Waals surface area contributed by atoms with Crippen molar-refractivity contribution in [2.75, 3.05) is 46.9 Å². The molecule has 0 saturated carbocycles. The third-order valence-corrected chi connectivity index (χ3v) is 5.53. The van der Waals surface area contributed by atoms with Crippen LogP contribution < -0.4 is 4.74 Å². The quantitative estimate of drug-likeness (QED) is 0.768. The Morgan fingerprint density at radius 3 is 2.68 bits per heavy atom. The second-order valence-electron chi connectivity index (χ2n) is 7.37. The van der Waals surface area contributed by atoms with Crippen molar-refractivity contribution in [1.29, 1.82) is 0 Å². The van der Waals surface area contributed by atoms with E-state index in [0.29, 0.717) is 12.2 Å². The highest BCUT2D eigenvalue weighted by Crippen LogP contribution is 2.37. The van der Waals surface area contributed by atoms with Crippen LogP contribution in [0.1, 0.15) is 27.0 Å². The van der Waals surface area contributed by atoms with Crippen LogP contribution in [0.15, 0.2) is 48.5 Å². The van der Waals surface area contributed by atoms with Crippen molar-refractivity contribution in [3.05, 3.63) is 70.8 Å². The third-order valence-electron chi connectivity index (χ3n) is 5.53. The van der Waals surface area contributed by atoms with Crippen molar-refractivity contribution in [3.63, 3.8) is 0 Å². The van der Waals surface area contributed by atoms with Crippen LogP contribution in [0.5, 0.6) is 5.75 Å². The first kappa shape index (κ1) is 18.7. The van der Waals surface area contributed by atoms with Gasteiger partial charge in [-0.2, -0.15) is 0 Å². The van der Waals surface area contributed by atoms with Gasteiger partial charge < -0.3 is 14.4 Å². The number of hydrogen-bond donors (Lipinski definition) is 0. The minimum absolute atomic E-state index is 0.334. The smallest absolute Gasteiger partial charge is 0.337 e. The number of carbonyl (C=O) groups excluding carboxylic acids is 1. The second kappa shape index (κ2) is 8.17. The number of benzene rings is 2. The van der Waals surface area contributed by atoms with E-state index in [2.05, 4.69) is 41.1 Å². The van der Waals surface area contributed by atoms with Gasteiger partial charge in [0.05, 0.1) is 12.7 Å². The summed E-state index contributed by atoms with van der Waals surface area (Å²) in [7, 11) is 3.57. The lowest BCUT2D eigenvalue weighted by Crippen LogP contribution is -2.44. The standard InChI is InChI=1S/C23H26N2O3/c1-24-11-13-25(14-12-24)10-9-20-19-6-4-3-5-18(19)16-28-22-8-7-17(15-21(20)22)23(26)27-2/h3-9,15H,10-14,16H2,1-2H3/b20-9+. The highest BCUT2D eigenvalue weighted by molar-refractivity contribution is 5.93. The van der Waals surface area contributed by atoms with Crippen LogP contribution in [-0.4, -0.2) is 62.7 Å². The van der Waals surface area contributed by atoms with E-state index in [9.17, 15) is 4.79 Å². The molecular formula is C23H26N2O3. The van der Waals surface area contributed by atoms with Gasteiger partial charge in [-0.3, -0.25) is 4.90 Å². The maximum Gasteiger partial charge on any atom is 0.337 e. The predicted molar refractivity (Wildman–Crippen MR) is 110 cm³/mol. The Labute approximate surface area is 166 Å². The van der Waals surface area contributed by atoms with E-state index in [-0.39, 0.29) is 5.97 Å². The molecule has 2 aromatic rings. The Hall–Kier alpha value is -2.63. The maximum absolute atomic E-state index is 12.1. The summed E-state index contributed by atoms with van der Waals surface area (Å²) in [6.45, 7) is 5.70. The normalized spacial score (nSPS) is 18.7. The highest BCUT2D eigenvalue weighted by Gasteiger charge is 2.21. The summed E-state index contributed by atoms with van der Waals surface area (Å²) in [5, 5.41) is 0. The summed E-state index contributed by atoms with van der Waals surface area (Å²) in [5.74, 6) is 0.465. The summed E-state index contributed by atoms with van der Waals surface area (Å²) >= 11 is 0. The van der Waals surface area contributed by atoms with E-state index in [1.54, 1.807) is 6.07 Å². The van der Waals surface area contributed by atoms with Crippen molar-refractivity contribution < 1.29 is 14.3 Å². The fourth-order valence-electron chi connectivity index (χ4n) is 3.79. The molecule has 1 fully saturated rings. The predicted octanol–water partition coefficient (Wildman–Crippen LogP) is 3.04. The van der Waals surface area contributed by atoms with Crippen molar-refractivity contribution in [1.82, 2.24) is 9.80 Å². The van der Waals surface area contributed by atoms with E-state index >= 15 is 0 Å². The number of fused-ring (bicyclic) bond motifs is 2. The van der Waals surface area contributed by atoms with Gasteiger partial charge in [-0.15, -0.1) is 0 Å². The summed E-state index contributed by atoms with van der Waals surface area (Å²) in [6.07, 6.45) is 2.28. The van der Waals surface area contributed by atoms with Crippen molar-refractivity contribution >= 4 is 11.5 Å². The first-order valence-electron chi connectivity index (χ1n) is 9.70. The lowest BCUT2D eigenvalue weighted by molar-refractivity contribution is 0.0600. The van der Waals surface area contributed by atoms with Gasteiger partial charge in [0.2, 0.25) is 0 Å². The minimum Gasteiger partial charge on any atom is -0.488 e. The number of rotatable bonds is 3. The van der Waals surface area contributed by atoms with Gasteiger partial charge in [0.1, 0.15) is 12.4 Å². The molecule has 28 heavy (non-hydrogen) atoms. The van der Waals surface area contributed by atoms with Crippen molar-refractivity contribution in [2.24, 2.45) is 0 Å². The second-order valence-corrected chi connectivity index (χ2v) is 7.37. The summed E-state index contributed by atoms with van der Waals surface area (Å²) in [5.41, 5.74) is 4.92. The summed E-state index contributed by atoms with van der Waals surface area (Å²) in [4.78, 5) is 16.9. The molecule has 0 spiro atoms. The minimum atomic E-state index is -0.334. The van der Waals surface area contributed by atoms with Gasteiger partial charge in [-0.05, 0) is 41.9 Å². The average molecular weight is 378 g/mol. The Morgan fingerprint density at radius 2 is 1.89 bits per heavy atom. The number of likely N-dealkylation sites (N-methyl/N-ethyl adjacent to an activating group) is 1. The van der Waals surface area contributed by atoms with E-state index in [1.165, 1.54) is 7.11 Å². The zero-order valence-electron chi connectivity index (χ0n) is 16.5. The van der Waals surface area contributed by atoms with Crippen LogP contribution in [0.25, 0.3) is 5.57 Å². The Morgan fingerprint density at radius 1 is 1.11 bits per heavy atom. The summed E-state index contributed by atoms with van der Waals surface area (Å²) in [6, 6.07) is 13.9. The molecule has 0 radical (unpaired) electrons. The molecule has 2 aliphatic rings. The molecule has 5 heteroatoms. The molecule has 0 aliphatic carbocycles. The number of nitrogens with zero attached hydrogens (tertiary/aromatic N) is 2. The van der Waals surface area contributed by atoms with Crippen molar-refractivity contribution in [2.45, 2.75) is 6.61 Å². The molecule has 2 heterocycles. The number of carbonyl (C=O) groups is 1. The third kappa shape index (κ3) is 3.81. The SMILES string of the molecule is COC(=O)c1ccc2c(c1)/C(=C/CN1CCN(C)CC1)c1ccccc1CO2. The molecule has 0 amide bonds. The number of methoxy groups -OCH3 is 1. The van der Waals surface area contributed by atoms with Crippen LogP contribution in [0.3, 0.4) is 0 Å². The molecule has 1 saturated heterocycles. The van der Waals surface area contributed by atoms with Crippen molar-refractivity contribution in [3.8, 4) is 5.75 Å². The highest BCUT2D eigenvalue weighted by atomic mass is 16.5. The largest absolute Gasteiger partial charge is 0.488 e. The van der Waals surface area contributed by atoms with Gasteiger partial charge in [-0.1, -0.05) is 30.3 Å². The number of hydrogen-bond acceptors (Lipinski definition) is 5. The fourth-order valence-corrected chi connectivity index (χ4v) is 3.79. The van der Waals surface area contributed by atoms with E-state index in [0.717, 1.165) is 60.7 Å². The van der Waals surface area contributed by atoms with Crippen LogP contribution in [-0.2, 0) is 11.3 Å². The molecule has 5 nitrogen and oxygen atoms in total. The van der Waals surface area contributed by atoms with Crippen LogP contribution >= 0.6 is 0 Å². The fraction of sp³-hybridized carbons (Fsp3) is 0.348. The van der Waals surface area contributed by atoms with E-state index in [1.807, 2.05) is 18.2 Å². The number of piperazine rings is 1. The topological polar surface area (TPSA) is 42.0 Å². The Bertz CT molecular complexity index is 898. The lowest BCUT2D eigenvalue weighted by atomic mass is 9.93. The van der Waals surface area contributed by atoms with Gasteiger partial charge in [-0.25, -0.2) is 4.79 Å². The number of esters is 1. The molecule has 0 unspecified atom stereocenters. The Kier molecular flexibility index (Phi) is 5.46. The van der Waals surface area contributed by atoms with Gasteiger partial charge in [0, 0.05) is 38.3 Å². The summed E-state index contributed by atoms with van der Waals surface area (Å²) < 4.78 is 11.0. The van der Waals surface area contributed by atoms with Crippen LogP contribution in [0.4, 0.5) is 0 Å². The van der Waals surface area contributed by atoms with Gasteiger partial charge in [0.25, 0.3) is 0 Å². The number of ether oxygens (including phenoxy) is 2. The molecule has 0 N–H and O–H groups in total. The maximum atomic E-state index is 12.1. The molecule has 0 atom stereocenters. The molecule has 146 valence electrons. The average Bonchev–Trinajstić information content (AvgIpc) is 2.89. The molecule has 0 bridgehead atoms. The van der Waals surface area contributed by atoms with Gasteiger partial charge in [0.15, 0.2) is 0 Å². The van der Waals surface area contributed by atoms with Crippen LogP contribution in [0.2, 0.25) is 0 Å². The first-order chi connectivity index (χ1) is 13.7. The molecule has 0 aromatic heterocycles. The lowest BCUT2D eigenvalue weighted by Gasteiger charge is -2.31. The van der Waals surface area contributed by atoms with Gasteiger partial charge >= 0.3 is 5.97 Å². The Balaban J connectivity index is 1.74. The van der Waals surface area contributed by atoms with E-state index < -0.39 is 0 Å². The zero-order valence-corrected chi connectivity index (χ0v) is 16.5. The van der Waals surface area contributed by atoms with E-state index in [4.69, 9.17) is 9.47 Å². The molecule has 2 aromatic carbocycles.